The number of benzene rings is 2. The lowest BCUT2D eigenvalue weighted by molar-refractivity contribution is 0.278. The Hall–Kier alpha value is -2.61. The van der Waals surface area contributed by atoms with Crippen molar-refractivity contribution in [3.8, 4) is 11.5 Å². The summed E-state index contributed by atoms with van der Waals surface area (Å²) in [4.78, 5) is 0. The molecule has 0 heterocycles. The number of hydrogen-bond donors (Lipinski definition) is 2. The van der Waals surface area contributed by atoms with Gasteiger partial charge in [-0.2, -0.15) is 5.10 Å². The number of ether oxygens (including phenoxy) is 2. The minimum Gasteiger partial charge on any atom is -0.493 e. The average molecular weight is 395 g/mol. The predicted octanol–water partition coefficient (Wildman–Crippen LogP) is 2.78. The molecule has 0 spiro atoms. The van der Waals surface area contributed by atoms with Crippen LogP contribution in [0.5, 0.6) is 11.5 Å². The first-order valence-electron chi connectivity index (χ1n) is 6.87. The van der Waals surface area contributed by atoms with Crippen LogP contribution in [0.15, 0.2) is 51.1 Å². The van der Waals surface area contributed by atoms with Gasteiger partial charge in [-0.15, -0.1) is 5.10 Å². The minimum atomic E-state index is -0.325. The zero-order valence-corrected chi connectivity index (χ0v) is 14.5. The predicted molar refractivity (Wildman–Crippen MR) is 94.8 cm³/mol. The van der Waals surface area contributed by atoms with E-state index in [9.17, 15) is 4.39 Å². The summed E-state index contributed by atoms with van der Waals surface area (Å²) in [6.45, 7) is 0.0725. The van der Waals surface area contributed by atoms with Gasteiger partial charge in [0.05, 0.1) is 17.8 Å². The fourth-order valence-corrected chi connectivity index (χ4v) is 2.46. The second-order valence-electron chi connectivity index (χ2n) is 4.68. The Morgan fingerprint density at radius 1 is 1.29 bits per heavy atom. The molecule has 4 N–H and O–H groups in total. The van der Waals surface area contributed by atoms with Crippen molar-refractivity contribution in [1.29, 1.82) is 0 Å². The molecule has 0 fully saturated rings. The largest absolute Gasteiger partial charge is 0.493 e. The van der Waals surface area contributed by atoms with E-state index in [2.05, 4.69) is 26.1 Å². The monoisotopic (exact) mass is 394 g/mol. The number of rotatable bonds is 6. The third-order valence-electron chi connectivity index (χ3n) is 2.96. The van der Waals surface area contributed by atoms with Gasteiger partial charge >= 0.3 is 0 Å². The van der Waals surface area contributed by atoms with Crippen LogP contribution < -0.4 is 20.9 Å². The van der Waals surface area contributed by atoms with Crippen molar-refractivity contribution in [2.45, 2.75) is 6.61 Å². The molecular formula is C16H16BrFN4O2. The van der Waals surface area contributed by atoms with E-state index in [0.29, 0.717) is 27.1 Å². The van der Waals surface area contributed by atoms with E-state index in [1.165, 1.54) is 19.4 Å². The van der Waals surface area contributed by atoms with Crippen LogP contribution >= 0.6 is 15.9 Å². The van der Waals surface area contributed by atoms with Crippen molar-refractivity contribution >= 4 is 28.1 Å². The Balaban J connectivity index is 2.22. The summed E-state index contributed by atoms with van der Waals surface area (Å²) in [5, 5.41) is 7.26. The van der Waals surface area contributed by atoms with Crippen LogP contribution in [0.25, 0.3) is 0 Å². The molecule has 0 aliphatic carbocycles. The molecule has 0 bridgehead atoms. The van der Waals surface area contributed by atoms with Gasteiger partial charge in [0.2, 0.25) is 5.96 Å². The quantitative estimate of drug-likeness (QED) is 0.447. The fraction of sp³-hybridized carbons (Fsp3) is 0.125. The number of hydrogen-bond acceptors (Lipinski definition) is 4. The van der Waals surface area contributed by atoms with Gasteiger partial charge in [0.15, 0.2) is 11.5 Å². The summed E-state index contributed by atoms with van der Waals surface area (Å²) >= 11 is 3.41. The molecule has 0 saturated carbocycles. The van der Waals surface area contributed by atoms with Gasteiger partial charge in [-0.3, -0.25) is 0 Å². The van der Waals surface area contributed by atoms with E-state index in [1.807, 2.05) is 0 Å². The van der Waals surface area contributed by atoms with E-state index in [4.69, 9.17) is 20.9 Å². The third kappa shape index (κ3) is 4.69. The molecule has 0 aliphatic rings. The topological polar surface area (TPSA) is 95.2 Å². The highest BCUT2D eigenvalue weighted by Gasteiger charge is 2.12. The van der Waals surface area contributed by atoms with E-state index in [-0.39, 0.29) is 18.4 Å². The van der Waals surface area contributed by atoms with Gasteiger partial charge in [-0.25, -0.2) is 4.39 Å². The van der Waals surface area contributed by atoms with E-state index < -0.39 is 0 Å². The summed E-state index contributed by atoms with van der Waals surface area (Å²) in [7, 11) is 1.51. The fourth-order valence-electron chi connectivity index (χ4n) is 1.88. The molecule has 0 aromatic heterocycles. The number of guanidine groups is 1. The van der Waals surface area contributed by atoms with Crippen LogP contribution in [0.1, 0.15) is 11.1 Å². The van der Waals surface area contributed by atoms with E-state index >= 15 is 0 Å². The Kier molecular flexibility index (Phi) is 6.14. The Labute approximate surface area is 147 Å². The van der Waals surface area contributed by atoms with Crippen LogP contribution in [0.3, 0.4) is 0 Å². The van der Waals surface area contributed by atoms with Crippen molar-refractivity contribution in [3.63, 3.8) is 0 Å². The highest BCUT2D eigenvalue weighted by Crippen LogP contribution is 2.37. The van der Waals surface area contributed by atoms with Crippen molar-refractivity contribution in [3.05, 3.63) is 57.8 Å². The van der Waals surface area contributed by atoms with Gasteiger partial charge in [0, 0.05) is 5.56 Å². The summed E-state index contributed by atoms with van der Waals surface area (Å²) in [6, 6.07) is 9.87. The maximum absolute atomic E-state index is 13.7. The van der Waals surface area contributed by atoms with Gasteiger partial charge in [0.1, 0.15) is 12.4 Å². The molecule has 0 unspecified atom stereocenters. The summed E-state index contributed by atoms with van der Waals surface area (Å²) in [5.74, 6) is 0.460. The molecule has 126 valence electrons. The minimum absolute atomic E-state index is 0.0725. The van der Waals surface area contributed by atoms with Crippen LogP contribution in [0.4, 0.5) is 4.39 Å². The normalized spacial score (nSPS) is 10.6. The Bertz CT molecular complexity index is 777. The molecule has 2 aromatic rings. The van der Waals surface area contributed by atoms with Gasteiger partial charge in [-0.1, -0.05) is 18.2 Å². The molecule has 0 amide bonds. The number of nitrogens with zero attached hydrogens (tertiary/aromatic N) is 2. The van der Waals surface area contributed by atoms with Crippen molar-refractivity contribution < 1.29 is 13.9 Å². The van der Waals surface area contributed by atoms with Gasteiger partial charge < -0.3 is 20.9 Å². The molecule has 0 saturated heterocycles. The zero-order chi connectivity index (χ0) is 17.5. The molecule has 0 atom stereocenters. The number of nitrogens with two attached hydrogens (primary N) is 2. The molecule has 6 nitrogen and oxygen atoms in total. The standard InChI is InChI=1S/C16H16BrFN4O2/c1-23-14-7-10(8-21-22-16(19)20)6-12(17)15(14)24-9-11-4-2-3-5-13(11)18/h2-8H,9H2,1H3,(H4,19,20,22)/b21-8+. The smallest absolute Gasteiger partial charge is 0.211 e. The van der Waals surface area contributed by atoms with Crippen molar-refractivity contribution in [2.24, 2.45) is 21.7 Å². The zero-order valence-electron chi connectivity index (χ0n) is 12.9. The molecule has 24 heavy (non-hydrogen) atoms. The van der Waals surface area contributed by atoms with Crippen molar-refractivity contribution in [2.75, 3.05) is 7.11 Å². The first-order chi connectivity index (χ1) is 11.5. The van der Waals surface area contributed by atoms with Gasteiger partial charge in [0.25, 0.3) is 0 Å². The lowest BCUT2D eigenvalue weighted by atomic mass is 10.2. The summed E-state index contributed by atoms with van der Waals surface area (Å²) in [5.41, 5.74) is 11.6. The highest BCUT2D eigenvalue weighted by molar-refractivity contribution is 9.10. The average Bonchev–Trinajstić information content (AvgIpc) is 2.54. The summed E-state index contributed by atoms with van der Waals surface area (Å²) in [6.07, 6.45) is 1.47. The van der Waals surface area contributed by atoms with Crippen molar-refractivity contribution in [1.82, 2.24) is 0 Å². The number of methoxy groups -OCH3 is 1. The van der Waals surface area contributed by atoms with E-state index in [0.717, 1.165) is 0 Å². The lowest BCUT2D eigenvalue weighted by Crippen LogP contribution is -2.21. The SMILES string of the molecule is COc1cc(/C=N/N=C(N)N)cc(Br)c1OCc1ccccc1F. The second-order valence-corrected chi connectivity index (χ2v) is 5.54. The first kappa shape index (κ1) is 17.7. The first-order valence-corrected chi connectivity index (χ1v) is 7.66. The second kappa shape index (κ2) is 8.30. The maximum atomic E-state index is 13.7. The number of halogens is 2. The van der Waals surface area contributed by atoms with Crippen LogP contribution in [0, 0.1) is 5.82 Å². The summed E-state index contributed by atoms with van der Waals surface area (Å²) < 4.78 is 25.3. The molecule has 2 aromatic carbocycles. The van der Waals surface area contributed by atoms with Gasteiger partial charge in [-0.05, 0) is 39.7 Å². The highest BCUT2D eigenvalue weighted by atomic mass is 79.9. The lowest BCUT2D eigenvalue weighted by Gasteiger charge is -2.13. The Morgan fingerprint density at radius 2 is 2.04 bits per heavy atom. The molecule has 2 rings (SSSR count). The molecular weight excluding hydrogens is 379 g/mol. The van der Waals surface area contributed by atoms with Crippen LogP contribution in [-0.4, -0.2) is 19.3 Å². The maximum Gasteiger partial charge on any atom is 0.211 e. The molecule has 0 radical (unpaired) electrons. The Morgan fingerprint density at radius 3 is 2.71 bits per heavy atom. The molecule has 8 heteroatoms. The molecule has 0 aliphatic heterocycles. The van der Waals surface area contributed by atoms with Crippen LogP contribution in [-0.2, 0) is 6.61 Å². The van der Waals surface area contributed by atoms with Crippen LogP contribution in [0.2, 0.25) is 0 Å². The third-order valence-corrected chi connectivity index (χ3v) is 3.55. The van der Waals surface area contributed by atoms with E-state index in [1.54, 1.807) is 30.3 Å².